The van der Waals surface area contributed by atoms with Crippen LogP contribution in [0.5, 0.6) is 0 Å². The minimum atomic E-state index is -0.718. The Hall–Kier alpha value is -1.10. The Morgan fingerprint density at radius 2 is 1.94 bits per heavy atom. The molecule has 2 aliphatic rings. The second kappa shape index (κ2) is 5.04. The number of carbonyl (C=O) groups excluding carboxylic acids is 1. The third-order valence-corrected chi connectivity index (χ3v) is 3.98. The van der Waals surface area contributed by atoms with Gasteiger partial charge in [0, 0.05) is 31.5 Å². The van der Waals surface area contributed by atoms with Crippen LogP contribution in [0.4, 0.5) is 0 Å². The van der Waals surface area contributed by atoms with Crippen LogP contribution in [0.1, 0.15) is 32.1 Å². The highest BCUT2D eigenvalue weighted by molar-refractivity contribution is 5.79. The first kappa shape index (κ1) is 12.4. The summed E-state index contributed by atoms with van der Waals surface area (Å²) in [5, 5.41) is 18.0. The molecule has 0 spiro atoms. The van der Waals surface area contributed by atoms with Gasteiger partial charge in [0.05, 0.1) is 5.92 Å². The summed E-state index contributed by atoms with van der Waals surface area (Å²) >= 11 is 0. The number of amides is 1. The van der Waals surface area contributed by atoms with E-state index in [1.165, 1.54) is 0 Å². The molecule has 2 rings (SSSR count). The Labute approximate surface area is 100 Å². The molecule has 5 heteroatoms. The largest absolute Gasteiger partial charge is 0.481 e. The summed E-state index contributed by atoms with van der Waals surface area (Å²) in [6.45, 7) is 0.699. The number of aliphatic hydroxyl groups excluding tert-OH is 1. The Balaban J connectivity index is 1.89. The number of rotatable bonds is 3. The van der Waals surface area contributed by atoms with Crippen molar-refractivity contribution in [3.63, 3.8) is 0 Å². The average molecular weight is 241 g/mol. The highest BCUT2D eigenvalue weighted by Crippen LogP contribution is 2.31. The third-order valence-electron chi connectivity index (χ3n) is 3.98. The molecule has 1 aliphatic heterocycles. The fourth-order valence-electron chi connectivity index (χ4n) is 2.92. The summed E-state index contributed by atoms with van der Waals surface area (Å²) < 4.78 is 0. The lowest BCUT2D eigenvalue weighted by Gasteiger charge is -2.33. The Kier molecular flexibility index (Phi) is 3.66. The van der Waals surface area contributed by atoms with Crippen molar-refractivity contribution in [1.82, 2.24) is 4.90 Å². The Morgan fingerprint density at radius 3 is 2.41 bits per heavy atom. The Bertz CT molecular complexity index is 310. The molecular formula is C12H19NO4. The number of nitrogens with zero attached hydrogens (tertiary/aromatic N) is 1. The highest BCUT2D eigenvalue weighted by atomic mass is 16.4. The molecule has 0 radical (unpaired) electrons. The van der Waals surface area contributed by atoms with E-state index in [2.05, 4.69) is 0 Å². The predicted molar refractivity (Wildman–Crippen MR) is 60.3 cm³/mol. The number of carbonyl (C=O) groups is 2. The first-order valence-electron chi connectivity index (χ1n) is 6.25. The van der Waals surface area contributed by atoms with E-state index in [-0.39, 0.29) is 30.4 Å². The van der Waals surface area contributed by atoms with Crippen molar-refractivity contribution in [2.24, 2.45) is 11.8 Å². The Morgan fingerprint density at radius 1 is 1.29 bits per heavy atom. The number of carboxylic acid groups (broad SMARTS) is 1. The maximum atomic E-state index is 11.8. The van der Waals surface area contributed by atoms with Crippen LogP contribution in [-0.2, 0) is 9.59 Å². The summed E-state index contributed by atoms with van der Waals surface area (Å²) in [5.74, 6) is -0.774. The number of carboxylic acids is 1. The van der Waals surface area contributed by atoms with Crippen LogP contribution in [0.3, 0.4) is 0 Å². The fourth-order valence-corrected chi connectivity index (χ4v) is 2.92. The number of aliphatic carboxylic acids is 1. The quantitative estimate of drug-likeness (QED) is 0.753. The van der Waals surface area contributed by atoms with E-state index >= 15 is 0 Å². The first-order chi connectivity index (χ1) is 8.11. The molecule has 1 unspecified atom stereocenters. The fraction of sp³-hybridized carbons (Fsp3) is 0.833. The molecule has 17 heavy (non-hydrogen) atoms. The van der Waals surface area contributed by atoms with E-state index in [1.54, 1.807) is 0 Å². The number of hydrogen-bond acceptors (Lipinski definition) is 3. The van der Waals surface area contributed by atoms with Gasteiger partial charge in [-0.15, -0.1) is 0 Å². The lowest BCUT2D eigenvalue weighted by molar-refractivity contribution is -0.143. The summed E-state index contributed by atoms with van der Waals surface area (Å²) in [5.41, 5.74) is 0. The lowest BCUT2D eigenvalue weighted by Crippen LogP contribution is -2.40. The molecule has 1 amide bonds. The predicted octanol–water partition coefficient (Wildman–Crippen LogP) is 0.471. The van der Waals surface area contributed by atoms with E-state index in [1.807, 2.05) is 4.90 Å². The smallest absolute Gasteiger partial charge is 0.306 e. The third kappa shape index (κ3) is 2.60. The first-order valence-corrected chi connectivity index (χ1v) is 6.25. The van der Waals surface area contributed by atoms with Gasteiger partial charge >= 0.3 is 5.97 Å². The zero-order valence-electron chi connectivity index (χ0n) is 9.84. The molecule has 5 nitrogen and oxygen atoms in total. The van der Waals surface area contributed by atoms with Crippen molar-refractivity contribution in [1.29, 1.82) is 0 Å². The van der Waals surface area contributed by atoms with E-state index in [0.29, 0.717) is 25.8 Å². The van der Waals surface area contributed by atoms with E-state index < -0.39 is 5.97 Å². The monoisotopic (exact) mass is 241 g/mol. The number of hydrogen-bond donors (Lipinski definition) is 2. The molecule has 0 bridgehead atoms. The zero-order chi connectivity index (χ0) is 12.4. The van der Waals surface area contributed by atoms with Crippen LogP contribution in [0.25, 0.3) is 0 Å². The summed E-state index contributed by atoms with van der Waals surface area (Å²) in [6, 6.07) is 0.189. The molecule has 0 aromatic carbocycles. The van der Waals surface area contributed by atoms with Crippen molar-refractivity contribution in [3.05, 3.63) is 0 Å². The van der Waals surface area contributed by atoms with Crippen molar-refractivity contribution in [2.75, 3.05) is 13.2 Å². The number of likely N-dealkylation sites (tertiary alicyclic amines) is 1. The van der Waals surface area contributed by atoms with Crippen LogP contribution in [0, 0.1) is 11.8 Å². The van der Waals surface area contributed by atoms with Gasteiger partial charge < -0.3 is 15.1 Å². The molecule has 96 valence electrons. The summed E-state index contributed by atoms with van der Waals surface area (Å²) in [7, 11) is 0. The lowest BCUT2D eigenvalue weighted by atomic mass is 9.85. The van der Waals surface area contributed by atoms with Gasteiger partial charge in [0.25, 0.3) is 0 Å². The highest BCUT2D eigenvalue weighted by Gasteiger charge is 2.36. The van der Waals surface area contributed by atoms with Crippen LogP contribution in [0.2, 0.25) is 0 Å². The van der Waals surface area contributed by atoms with Gasteiger partial charge in [-0.2, -0.15) is 0 Å². The van der Waals surface area contributed by atoms with E-state index in [9.17, 15) is 9.59 Å². The molecule has 1 saturated heterocycles. The molecule has 0 aromatic heterocycles. The molecular weight excluding hydrogens is 222 g/mol. The average Bonchev–Trinajstić information content (AvgIpc) is 2.71. The minimum absolute atomic E-state index is 0.0622. The minimum Gasteiger partial charge on any atom is -0.481 e. The van der Waals surface area contributed by atoms with Crippen LogP contribution in [0.15, 0.2) is 0 Å². The molecule has 1 saturated carbocycles. The molecule has 1 heterocycles. The van der Waals surface area contributed by atoms with Crippen LogP contribution < -0.4 is 0 Å². The standard InChI is InChI=1S/C12H19NO4/c14-7-8-5-11(15)13(6-8)10-3-1-9(2-4-10)12(16)17/h8-10,14H,1-7H2,(H,16,17). The maximum Gasteiger partial charge on any atom is 0.306 e. The second-order valence-corrected chi connectivity index (χ2v) is 5.14. The van der Waals surface area contributed by atoms with Gasteiger partial charge in [0.15, 0.2) is 0 Å². The molecule has 1 aliphatic carbocycles. The maximum absolute atomic E-state index is 11.8. The van der Waals surface area contributed by atoms with Crippen molar-refractivity contribution >= 4 is 11.9 Å². The summed E-state index contributed by atoms with van der Waals surface area (Å²) in [4.78, 5) is 24.4. The molecule has 0 aromatic rings. The van der Waals surface area contributed by atoms with Gasteiger partial charge in [-0.05, 0) is 25.7 Å². The van der Waals surface area contributed by atoms with Crippen molar-refractivity contribution in [3.8, 4) is 0 Å². The van der Waals surface area contributed by atoms with E-state index in [0.717, 1.165) is 12.8 Å². The van der Waals surface area contributed by atoms with Gasteiger partial charge in [-0.25, -0.2) is 0 Å². The normalized spacial score (nSPS) is 34.1. The molecule has 2 fully saturated rings. The SMILES string of the molecule is O=C(O)C1CCC(N2CC(CO)CC2=O)CC1. The number of aliphatic hydroxyl groups is 1. The second-order valence-electron chi connectivity index (χ2n) is 5.14. The van der Waals surface area contributed by atoms with Crippen molar-refractivity contribution < 1.29 is 19.8 Å². The van der Waals surface area contributed by atoms with Gasteiger partial charge in [0.2, 0.25) is 5.91 Å². The van der Waals surface area contributed by atoms with E-state index in [4.69, 9.17) is 10.2 Å². The molecule has 1 atom stereocenters. The van der Waals surface area contributed by atoms with Gasteiger partial charge in [-0.3, -0.25) is 9.59 Å². The topological polar surface area (TPSA) is 77.8 Å². The van der Waals surface area contributed by atoms with Crippen LogP contribution in [-0.4, -0.2) is 46.2 Å². The van der Waals surface area contributed by atoms with Gasteiger partial charge in [-0.1, -0.05) is 0 Å². The zero-order valence-corrected chi connectivity index (χ0v) is 9.84. The van der Waals surface area contributed by atoms with Crippen molar-refractivity contribution in [2.45, 2.75) is 38.1 Å². The van der Waals surface area contributed by atoms with Gasteiger partial charge in [0.1, 0.15) is 0 Å². The molecule has 2 N–H and O–H groups in total. The summed E-state index contributed by atoms with van der Waals surface area (Å²) in [6.07, 6.45) is 3.32. The van der Waals surface area contributed by atoms with Crippen LogP contribution >= 0.6 is 0 Å².